The highest BCUT2D eigenvalue weighted by Gasteiger charge is 2.43. The Kier molecular flexibility index (Phi) is 19.6. The zero-order valence-electron chi connectivity index (χ0n) is 34.6. The van der Waals surface area contributed by atoms with Crippen molar-refractivity contribution in [3.8, 4) is 0 Å². The Morgan fingerprint density at radius 1 is 0.906 bits per heavy atom. The lowest BCUT2D eigenvalue weighted by molar-refractivity contribution is -0.148. The van der Waals surface area contributed by atoms with Crippen molar-refractivity contribution in [2.24, 2.45) is 35.5 Å². The number of thiocarbonyl (C=S) groups is 1. The number of rotatable bonds is 22. The molecular formula is C42H69N3O7S. The third kappa shape index (κ3) is 12.6. The number of esters is 1. The highest BCUT2D eigenvalue weighted by atomic mass is 32.1. The monoisotopic (exact) mass is 759 g/mol. The molecule has 0 unspecified atom stereocenters. The zero-order valence-corrected chi connectivity index (χ0v) is 35.4. The van der Waals surface area contributed by atoms with E-state index in [1.807, 2.05) is 62.9 Å². The fourth-order valence-corrected chi connectivity index (χ4v) is 8.38. The highest BCUT2D eigenvalue weighted by molar-refractivity contribution is 7.80. The van der Waals surface area contributed by atoms with Crippen LogP contribution in [0.1, 0.15) is 99.5 Å². The Bertz CT molecular complexity index is 1320. The molecule has 1 saturated heterocycles. The van der Waals surface area contributed by atoms with Gasteiger partial charge in [-0.1, -0.05) is 104 Å². The molecule has 0 aromatic heterocycles. The number of carbonyl (C=O) groups is 4. The lowest BCUT2D eigenvalue weighted by Crippen LogP contribution is -2.54. The third-order valence-electron chi connectivity index (χ3n) is 11.5. The summed E-state index contributed by atoms with van der Waals surface area (Å²) >= 11 is 5.85. The quantitative estimate of drug-likeness (QED) is 0.104. The van der Waals surface area contributed by atoms with E-state index < -0.39 is 30.1 Å². The lowest BCUT2D eigenvalue weighted by Gasteiger charge is -2.41. The molecule has 1 heterocycles. The molecule has 0 bridgehead atoms. The van der Waals surface area contributed by atoms with Gasteiger partial charge in [0.25, 0.3) is 0 Å². The first-order chi connectivity index (χ1) is 25.1. The van der Waals surface area contributed by atoms with Crippen LogP contribution in [0.4, 0.5) is 0 Å². The maximum Gasteiger partial charge on any atom is 0.328 e. The van der Waals surface area contributed by atoms with Gasteiger partial charge in [-0.2, -0.15) is 0 Å². The molecule has 11 heteroatoms. The minimum atomic E-state index is -0.674. The van der Waals surface area contributed by atoms with Crippen LogP contribution < -0.4 is 5.32 Å². The van der Waals surface area contributed by atoms with Crippen LogP contribution >= 0.6 is 12.2 Å². The first-order valence-corrected chi connectivity index (χ1v) is 20.0. The van der Waals surface area contributed by atoms with Gasteiger partial charge in [0.1, 0.15) is 11.8 Å². The molecule has 2 rings (SSSR count). The number of ketones is 1. The van der Waals surface area contributed by atoms with Gasteiger partial charge in [-0.3, -0.25) is 14.4 Å². The van der Waals surface area contributed by atoms with Crippen LogP contribution in [0.25, 0.3) is 0 Å². The third-order valence-corrected chi connectivity index (χ3v) is 12.0. The Morgan fingerprint density at radius 2 is 1.53 bits per heavy atom. The number of likely N-dealkylation sites (N-methyl/N-ethyl adjacent to an activating group) is 1. The van der Waals surface area contributed by atoms with Gasteiger partial charge >= 0.3 is 5.97 Å². The first kappa shape index (κ1) is 46.3. The second kappa shape index (κ2) is 22.5. The van der Waals surface area contributed by atoms with Gasteiger partial charge < -0.3 is 29.3 Å². The van der Waals surface area contributed by atoms with Gasteiger partial charge in [-0.15, -0.1) is 0 Å². The largest absolute Gasteiger partial charge is 0.467 e. The molecule has 2 amide bonds. The van der Waals surface area contributed by atoms with E-state index in [2.05, 4.69) is 33.0 Å². The van der Waals surface area contributed by atoms with E-state index in [0.29, 0.717) is 18.0 Å². The number of Topliss-reactive ketones (excluding diaryl/α,β-unsaturated/α-hetero) is 1. The van der Waals surface area contributed by atoms with Gasteiger partial charge in [-0.25, -0.2) is 4.79 Å². The molecular weight excluding hydrogens is 691 g/mol. The number of amides is 2. The molecule has 1 aliphatic heterocycles. The maximum atomic E-state index is 14.2. The average molecular weight is 760 g/mol. The second-order valence-corrected chi connectivity index (χ2v) is 16.1. The molecule has 1 aromatic rings. The van der Waals surface area contributed by atoms with Crippen molar-refractivity contribution in [2.75, 3.05) is 34.9 Å². The number of likely N-dealkylation sites (tertiary alicyclic amines) is 1. The normalized spacial score (nSPS) is 19.1. The summed E-state index contributed by atoms with van der Waals surface area (Å²) in [5.74, 6) is -1.07. The van der Waals surface area contributed by atoms with E-state index in [4.69, 9.17) is 26.4 Å². The first-order valence-electron chi connectivity index (χ1n) is 19.6. The SMILES string of the molecule is CC[C@H](C(=O)C[C@H](C(=O)N(C)[C@@H]([C@@H](C)CC)[C@@H](CC(=O)N1CCC[C@H]1[C@H](OC)[C@@H](C)C(=S)N[C@@H](Cc1ccccc1)C(=O)OC)OC)C(C)C)C(C)C. The fourth-order valence-electron chi connectivity index (χ4n) is 8.10. The summed E-state index contributed by atoms with van der Waals surface area (Å²) in [4.78, 5) is 58.7. The summed E-state index contributed by atoms with van der Waals surface area (Å²) < 4.78 is 17.2. The van der Waals surface area contributed by atoms with E-state index >= 15 is 0 Å². The molecule has 53 heavy (non-hydrogen) atoms. The number of methoxy groups -OCH3 is 3. The van der Waals surface area contributed by atoms with Crippen molar-refractivity contribution < 1.29 is 33.4 Å². The van der Waals surface area contributed by atoms with Crippen molar-refractivity contribution in [1.29, 1.82) is 0 Å². The van der Waals surface area contributed by atoms with Crippen molar-refractivity contribution in [3.05, 3.63) is 35.9 Å². The summed E-state index contributed by atoms with van der Waals surface area (Å²) in [7, 11) is 6.39. The molecule has 0 aliphatic carbocycles. The Labute approximate surface area is 325 Å². The fraction of sp³-hybridized carbons (Fsp3) is 0.738. The molecule has 10 nitrogen and oxygen atoms in total. The number of benzene rings is 1. The second-order valence-electron chi connectivity index (χ2n) is 15.6. The Hall–Kier alpha value is -2.89. The van der Waals surface area contributed by atoms with Crippen LogP contribution in [0, 0.1) is 35.5 Å². The Balaban J connectivity index is 2.27. The van der Waals surface area contributed by atoms with Gasteiger partial charge in [0.15, 0.2) is 0 Å². The summed E-state index contributed by atoms with van der Waals surface area (Å²) in [6.45, 7) is 16.8. The van der Waals surface area contributed by atoms with E-state index in [9.17, 15) is 19.2 Å². The molecule has 1 fully saturated rings. The van der Waals surface area contributed by atoms with Crippen LogP contribution in [0.3, 0.4) is 0 Å². The molecule has 300 valence electrons. The average Bonchev–Trinajstić information content (AvgIpc) is 3.62. The Morgan fingerprint density at radius 3 is 2.04 bits per heavy atom. The number of nitrogens with one attached hydrogen (secondary N) is 1. The molecule has 9 atom stereocenters. The number of nitrogens with zero attached hydrogens (tertiary/aromatic N) is 2. The molecule has 1 aliphatic rings. The lowest BCUT2D eigenvalue weighted by atomic mass is 9.80. The molecule has 0 saturated carbocycles. The van der Waals surface area contributed by atoms with E-state index in [-0.39, 0.29) is 72.1 Å². The minimum absolute atomic E-state index is 0.0288. The van der Waals surface area contributed by atoms with Crippen molar-refractivity contribution in [3.63, 3.8) is 0 Å². The molecule has 1 N–H and O–H groups in total. The van der Waals surface area contributed by atoms with Crippen molar-refractivity contribution >= 4 is 40.8 Å². The van der Waals surface area contributed by atoms with Crippen LogP contribution in [0.15, 0.2) is 30.3 Å². The number of carbonyl (C=O) groups excluding carboxylic acids is 4. The van der Waals surface area contributed by atoms with Crippen LogP contribution in [0.2, 0.25) is 0 Å². The van der Waals surface area contributed by atoms with Crippen LogP contribution in [-0.2, 0) is 39.8 Å². The predicted molar refractivity (Wildman–Crippen MR) is 214 cm³/mol. The van der Waals surface area contributed by atoms with Crippen molar-refractivity contribution in [2.45, 2.75) is 131 Å². The highest BCUT2D eigenvalue weighted by Crippen LogP contribution is 2.31. The number of hydrogen-bond donors (Lipinski definition) is 1. The number of ether oxygens (including phenoxy) is 3. The van der Waals surface area contributed by atoms with Gasteiger partial charge in [0.2, 0.25) is 11.8 Å². The predicted octanol–water partition coefficient (Wildman–Crippen LogP) is 6.52. The van der Waals surface area contributed by atoms with Crippen LogP contribution in [0.5, 0.6) is 0 Å². The van der Waals surface area contributed by atoms with E-state index in [1.54, 1.807) is 26.2 Å². The summed E-state index contributed by atoms with van der Waals surface area (Å²) in [5, 5.41) is 3.23. The smallest absolute Gasteiger partial charge is 0.328 e. The molecule has 1 aromatic carbocycles. The topological polar surface area (TPSA) is 114 Å². The summed E-state index contributed by atoms with van der Waals surface area (Å²) in [6.07, 6.45) is 2.80. The van der Waals surface area contributed by atoms with Gasteiger partial charge in [-0.05, 0) is 42.6 Å². The van der Waals surface area contributed by atoms with Gasteiger partial charge in [0.05, 0.1) is 42.8 Å². The summed E-state index contributed by atoms with van der Waals surface area (Å²) in [6, 6.07) is 8.39. The van der Waals surface area contributed by atoms with E-state index in [1.165, 1.54) is 7.11 Å². The van der Waals surface area contributed by atoms with Crippen LogP contribution in [-0.4, -0.2) is 104 Å². The molecule has 0 spiro atoms. The minimum Gasteiger partial charge on any atom is -0.467 e. The number of hydrogen-bond acceptors (Lipinski definition) is 8. The standard InChI is InChI=1S/C42H69N3O7S/c1-13-28(7)38(44(9)41(48)32(27(5)6)24-35(46)31(14-2)26(3)4)36(50-10)25-37(47)45-22-18-21-34(45)39(51-11)29(8)40(53)43-33(42(49)52-12)23-30-19-16-15-17-20-30/h15-17,19-20,26-29,31-34,36,38-39H,13-14,18,21-25H2,1-12H3,(H,43,53)/t28-,29+,31-,32-,33-,34-,36+,38-,39+/m0/s1. The van der Waals surface area contributed by atoms with Crippen molar-refractivity contribution in [1.82, 2.24) is 15.1 Å². The van der Waals surface area contributed by atoms with Gasteiger partial charge in [0, 0.05) is 58.4 Å². The molecule has 0 radical (unpaired) electrons. The summed E-state index contributed by atoms with van der Waals surface area (Å²) in [5.41, 5.74) is 0.974. The maximum absolute atomic E-state index is 14.2. The zero-order chi connectivity index (χ0) is 40.0. The van der Waals surface area contributed by atoms with E-state index in [0.717, 1.165) is 31.2 Å².